The predicted octanol–water partition coefficient (Wildman–Crippen LogP) is 0.773. The van der Waals surface area contributed by atoms with E-state index in [1.807, 2.05) is 0 Å². The van der Waals surface area contributed by atoms with Gasteiger partial charge < -0.3 is 10.4 Å². The third-order valence-corrected chi connectivity index (χ3v) is 1.57. The molecule has 88 valence electrons. The Hall–Kier alpha value is -1.41. The number of nitrogens with one attached hydrogen (secondary N) is 1. The van der Waals surface area contributed by atoms with Gasteiger partial charge >= 0.3 is 18.6 Å². The molecule has 4 nitrogen and oxygen atoms in total. The Morgan fingerprint density at radius 3 is 1.87 bits per heavy atom. The van der Waals surface area contributed by atoms with Crippen molar-refractivity contribution >= 4 is 11.9 Å². The maximum Gasteiger partial charge on any atom is 0.422 e. The Bertz CT molecular complexity index is 276. The smallest absolute Gasteiger partial charge is 0.422 e. The van der Waals surface area contributed by atoms with Gasteiger partial charge in [0.25, 0.3) is 5.91 Å². The number of carboxylic acid groups (broad SMARTS) is 1. The van der Waals surface area contributed by atoms with Crippen LogP contribution in [0.4, 0.5) is 22.0 Å². The van der Waals surface area contributed by atoms with Crippen molar-refractivity contribution in [2.75, 3.05) is 0 Å². The topological polar surface area (TPSA) is 66.4 Å². The molecule has 0 saturated heterocycles. The number of aliphatic carboxylic acids is 1. The van der Waals surface area contributed by atoms with Crippen LogP contribution in [0.2, 0.25) is 0 Å². The highest BCUT2D eigenvalue weighted by Crippen LogP contribution is 2.30. The number of carboxylic acids is 1. The highest BCUT2D eigenvalue weighted by atomic mass is 19.4. The molecule has 15 heavy (non-hydrogen) atoms. The number of carbonyl (C=O) groups excluding carboxylic acids is 1. The van der Waals surface area contributed by atoms with Gasteiger partial charge in [-0.3, -0.25) is 4.79 Å². The fourth-order valence-electron chi connectivity index (χ4n) is 0.547. The first kappa shape index (κ1) is 13.6. The first-order chi connectivity index (χ1) is 6.52. The molecule has 1 unspecified atom stereocenters. The molecule has 0 aliphatic heterocycles. The molecular weight excluding hydrogens is 229 g/mol. The molecule has 9 heteroatoms. The lowest BCUT2D eigenvalue weighted by molar-refractivity contribution is -0.208. The monoisotopic (exact) mass is 235 g/mol. The quantitative estimate of drug-likeness (QED) is 0.710. The molecule has 0 aromatic carbocycles. The molecule has 0 aliphatic rings. The van der Waals surface area contributed by atoms with Crippen molar-refractivity contribution in [3.63, 3.8) is 0 Å². The minimum Gasteiger partial charge on any atom is -0.479 e. The molecule has 0 radical (unpaired) electrons. The van der Waals surface area contributed by atoms with Crippen LogP contribution in [-0.4, -0.2) is 35.1 Å². The minimum atomic E-state index is -5.37. The number of hydrogen-bond donors (Lipinski definition) is 2. The molecule has 1 amide bonds. The van der Waals surface area contributed by atoms with Crippen LogP contribution in [0, 0.1) is 0 Å². The largest absolute Gasteiger partial charge is 0.479 e. The van der Waals surface area contributed by atoms with E-state index in [9.17, 15) is 31.5 Å². The van der Waals surface area contributed by atoms with Crippen molar-refractivity contribution in [2.24, 2.45) is 0 Å². The van der Waals surface area contributed by atoms with E-state index in [1.54, 1.807) is 0 Å². The van der Waals surface area contributed by atoms with Crippen LogP contribution in [0.1, 0.15) is 6.92 Å². The predicted molar refractivity (Wildman–Crippen MR) is 36.2 cm³/mol. The van der Waals surface area contributed by atoms with Crippen molar-refractivity contribution in [2.45, 2.75) is 25.1 Å². The molecule has 0 fully saturated rings. The molecule has 0 bridgehead atoms. The zero-order chi connectivity index (χ0) is 12.4. The first-order valence-electron chi connectivity index (χ1n) is 3.42. The highest BCUT2D eigenvalue weighted by molar-refractivity contribution is 5.88. The van der Waals surface area contributed by atoms with Gasteiger partial charge in [0, 0.05) is 0 Å². The molecule has 2 N–H and O–H groups in total. The minimum absolute atomic E-state index is 0.0790. The SMILES string of the molecule is CC(NC(=O)C(F)F)(C(=O)O)C(F)(F)F. The van der Waals surface area contributed by atoms with Gasteiger partial charge in [-0.25, -0.2) is 4.79 Å². The maximum absolute atomic E-state index is 12.1. The van der Waals surface area contributed by atoms with Gasteiger partial charge in [0.05, 0.1) is 0 Å². The summed E-state index contributed by atoms with van der Waals surface area (Å²) in [5.74, 6) is -4.76. The molecule has 1 atom stereocenters. The summed E-state index contributed by atoms with van der Waals surface area (Å²) in [6, 6.07) is 0. The molecule has 0 saturated carbocycles. The summed E-state index contributed by atoms with van der Waals surface area (Å²) in [5, 5.41) is 8.94. The second-order valence-corrected chi connectivity index (χ2v) is 2.72. The summed E-state index contributed by atoms with van der Waals surface area (Å²) >= 11 is 0. The third-order valence-electron chi connectivity index (χ3n) is 1.57. The normalized spacial score (nSPS) is 15.9. The van der Waals surface area contributed by atoms with Gasteiger partial charge in [0.1, 0.15) is 0 Å². The van der Waals surface area contributed by atoms with Crippen LogP contribution in [0.3, 0.4) is 0 Å². The fraction of sp³-hybridized carbons (Fsp3) is 0.667. The second kappa shape index (κ2) is 3.99. The number of amides is 1. The van der Waals surface area contributed by atoms with E-state index >= 15 is 0 Å². The van der Waals surface area contributed by atoms with Gasteiger partial charge in [-0.1, -0.05) is 0 Å². The lowest BCUT2D eigenvalue weighted by Gasteiger charge is -2.28. The van der Waals surface area contributed by atoms with E-state index < -0.39 is 30.0 Å². The van der Waals surface area contributed by atoms with E-state index in [4.69, 9.17) is 5.11 Å². The van der Waals surface area contributed by atoms with Crippen molar-refractivity contribution in [3.05, 3.63) is 0 Å². The van der Waals surface area contributed by atoms with Crippen molar-refractivity contribution in [3.8, 4) is 0 Å². The van der Waals surface area contributed by atoms with Gasteiger partial charge in [-0.05, 0) is 6.92 Å². The van der Waals surface area contributed by atoms with E-state index in [-0.39, 0.29) is 6.92 Å². The van der Waals surface area contributed by atoms with Crippen LogP contribution in [0.15, 0.2) is 0 Å². The number of rotatable bonds is 3. The zero-order valence-corrected chi connectivity index (χ0v) is 7.23. The Morgan fingerprint density at radius 2 is 1.67 bits per heavy atom. The summed E-state index contributed by atoms with van der Waals surface area (Å²) in [6.45, 7) is 0.0790. The van der Waals surface area contributed by atoms with Gasteiger partial charge in [0.2, 0.25) is 5.54 Å². The van der Waals surface area contributed by atoms with Gasteiger partial charge in [-0.2, -0.15) is 22.0 Å². The van der Waals surface area contributed by atoms with Gasteiger partial charge in [0.15, 0.2) is 0 Å². The zero-order valence-electron chi connectivity index (χ0n) is 7.23. The van der Waals surface area contributed by atoms with Crippen LogP contribution in [0.25, 0.3) is 0 Å². The molecule has 0 heterocycles. The van der Waals surface area contributed by atoms with Crippen LogP contribution in [0.5, 0.6) is 0 Å². The third kappa shape index (κ3) is 2.77. The average Bonchev–Trinajstić information content (AvgIpc) is 2.01. The van der Waals surface area contributed by atoms with E-state index in [0.717, 1.165) is 5.32 Å². The summed E-state index contributed by atoms with van der Waals surface area (Å²) in [7, 11) is 0. The Labute approximate surface area is 80.1 Å². The number of alkyl halides is 5. The molecule has 0 aromatic heterocycles. The first-order valence-corrected chi connectivity index (χ1v) is 3.42. The Morgan fingerprint density at radius 1 is 1.27 bits per heavy atom. The van der Waals surface area contributed by atoms with Crippen molar-refractivity contribution < 1.29 is 36.6 Å². The lowest BCUT2D eigenvalue weighted by Crippen LogP contribution is -2.62. The van der Waals surface area contributed by atoms with E-state index in [2.05, 4.69) is 0 Å². The summed E-state index contributed by atoms with van der Waals surface area (Å²) in [5.41, 5.74) is -3.72. The molecule has 0 aliphatic carbocycles. The van der Waals surface area contributed by atoms with Crippen LogP contribution in [-0.2, 0) is 9.59 Å². The van der Waals surface area contributed by atoms with Gasteiger partial charge in [-0.15, -0.1) is 0 Å². The van der Waals surface area contributed by atoms with E-state index in [1.165, 1.54) is 0 Å². The van der Waals surface area contributed by atoms with Crippen molar-refractivity contribution in [1.29, 1.82) is 0 Å². The van der Waals surface area contributed by atoms with Crippen LogP contribution >= 0.6 is 0 Å². The summed E-state index contributed by atoms with van der Waals surface area (Å²) in [6.07, 6.45) is -9.09. The highest BCUT2D eigenvalue weighted by Gasteiger charge is 2.59. The maximum atomic E-state index is 12.1. The molecule has 0 rings (SSSR count). The summed E-state index contributed by atoms with van der Waals surface area (Å²) < 4.78 is 59.7. The average molecular weight is 235 g/mol. The number of carbonyl (C=O) groups is 2. The Kier molecular flexibility index (Phi) is 3.61. The van der Waals surface area contributed by atoms with Crippen molar-refractivity contribution in [1.82, 2.24) is 5.32 Å². The molecule has 0 spiro atoms. The number of hydrogen-bond acceptors (Lipinski definition) is 2. The van der Waals surface area contributed by atoms with Crippen LogP contribution < -0.4 is 5.32 Å². The summed E-state index contributed by atoms with van der Waals surface area (Å²) in [4.78, 5) is 20.5. The molecular formula is C6H6F5NO3. The number of halogens is 5. The standard InChI is InChI=1S/C6H6F5NO3/c1-5(4(14)15,6(9,10)11)12-3(13)2(7)8/h2H,1H3,(H,12,13)(H,14,15). The molecule has 0 aromatic rings. The lowest BCUT2D eigenvalue weighted by atomic mass is 10.0. The Balaban J connectivity index is 5.01. The fourth-order valence-corrected chi connectivity index (χ4v) is 0.547. The van der Waals surface area contributed by atoms with E-state index in [0.29, 0.717) is 0 Å². The second-order valence-electron chi connectivity index (χ2n) is 2.72.